The first-order valence-corrected chi connectivity index (χ1v) is 17.4. The fraction of sp³-hybridized carbons (Fsp3) is 0.382. The topological polar surface area (TPSA) is 163 Å². The number of aliphatic hydroxyl groups excluding tert-OH is 3. The molecule has 13 heteroatoms. The SMILES string of the molecule is CSc1ccc2c(c1)S[C@@H](NC(=O)CC(C)(C)NC[C@H](O)CO)C(=O)N(Cc1ccc(-c3ccccc3NC(=O)NCCO)cc1)C2. The number of hydrogen-bond acceptors (Lipinski definition) is 9. The number of amides is 4. The minimum absolute atomic E-state index is 0.0636. The van der Waals surface area contributed by atoms with Gasteiger partial charge in [-0.2, -0.15) is 0 Å². The summed E-state index contributed by atoms with van der Waals surface area (Å²) in [7, 11) is 0. The van der Waals surface area contributed by atoms with Crippen LogP contribution in [0, 0.1) is 0 Å². The normalized spacial score (nSPS) is 15.4. The quantitative estimate of drug-likeness (QED) is 0.127. The van der Waals surface area contributed by atoms with Crippen molar-refractivity contribution in [1.82, 2.24) is 20.9 Å². The third-order valence-electron chi connectivity index (χ3n) is 7.55. The van der Waals surface area contributed by atoms with Crippen LogP contribution in [0.2, 0.25) is 0 Å². The second kappa shape index (κ2) is 17.0. The van der Waals surface area contributed by atoms with E-state index in [0.717, 1.165) is 32.0 Å². The molecule has 252 valence electrons. The van der Waals surface area contributed by atoms with E-state index in [1.807, 2.05) is 80.8 Å². The molecule has 3 aromatic carbocycles. The largest absolute Gasteiger partial charge is 0.395 e. The van der Waals surface area contributed by atoms with Gasteiger partial charge in [0.2, 0.25) is 5.91 Å². The number of carbonyl (C=O) groups excluding carboxylic acids is 3. The summed E-state index contributed by atoms with van der Waals surface area (Å²) in [5.74, 6) is -0.517. The molecule has 0 unspecified atom stereocenters. The van der Waals surface area contributed by atoms with Gasteiger partial charge in [-0.15, -0.1) is 11.8 Å². The van der Waals surface area contributed by atoms with Crippen molar-refractivity contribution < 1.29 is 29.7 Å². The highest BCUT2D eigenvalue weighted by molar-refractivity contribution is 8.01. The van der Waals surface area contributed by atoms with Crippen molar-refractivity contribution >= 4 is 47.1 Å². The molecular formula is C34H43N5O6S2. The van der Waals surface area contributed by atoms with Gasteiger partial charge in [0, 0.05) is 53.5 Å². The number of aliphatic hydroxyl groups is 3. The summed E-state index contributed by atoms with van der Waals surface area (Å²) in [6, 6.07) is 20.9. The Morgan fingerprint density at radius 2 is 1.83 bits per heavy atom. The predicted molar refractivity (Wildman–Crippen MR) is 186 cm³/mol. The molecule has 1 heterocycles. The number of nitrogens with one attached hydrogen (secondary N) is 4. The van der Waals surface area contributed by atoms with Crippen molar-refractivity contribution in [1.29, 1.82) is 0 Å². The fourth-order valence-corrected chi connectivity index (χ4v) is 6.75. The molecule has 7 N–H and O–H groups in total. The van der Waals surface area contributed by atoms with Crippen LogP contribution in [0.15, 0.2) is 76.5 Å². The maximum atomic E-state index is 14.0. The van der Waals surface area contributed by atoms with Crippen LogP contribution in [0.3, 0.4) is 0 Å². The van der Waals surface area contributed by atoms with Gasteiger partial charge in [-0.25, -0.2) is 4.79 Å². The van der Waals surface area contributed by atoms with Gasteiger partial charge in [0.05, 0.1) is 25.0 Å². The molecular weight excluding hydrogens is 639 g/mol. The molecule has 11 nitrogen and oxygen atoms in total. The van der Waals surface area contributed by atoms with Gasteiger partial charge in [-0.1, -0.05) is 60.3 Å². The summed E-state index contributed by atoms with van der Waals surface area (Å²) >= 11 is 2.94. The van der Waals surface area contributed by atoms with E-state index in [1.54, 1.807) is 22.7 Å². The summed E-state index contributed by atoms with van der Waals surface area (Å²) in [6.07, 6.45) is 1.12. The zero-order valence-corrected chi connectivity index (χ0v) is 28.4. The summed E-state index contributed by atoms with van der Waals surface area (Å²) in [5, 5.41) is 38.5. The third kappa shape index (κ3) is 10.4. The summed E-state index contributed by atoms with van der Waals surface area (Å²) in [6.45, 7) is 4.11. The highest BCUT2D eigenvalue weighted by Crippen LogP contribution is 2.35. The highest BCUT2D eigenvalue weighted by atomic mass is 32.2. The molecule has 47 heavy (non-hydrogen) atoms. The van der Waals surface area contributed by atoms with Gasteiger partial charge in [-0.3, -0.25) is 9.59 Å². The number of nitrogens with zero attached hydrogens (tertiary/aromatic N) is 1. The maximum absolute atomic E-state index is 14.0. The molecule has 0 saturated carbocycles. The van der Waals surface area contributed by atoms with Gasteiger partial charge in [-0.05, 0) is 55.0 Å². The van der Waals surface area contributed by atoms with Crippen molar-refractivity contribution in [3.63, 3.8) is 0 Å². The fourth-order valence-electron chi connectivity index (χ4n) is 5.06. The van der Waals surface area contributed by atoms with Crippen LogP contribution in [0.1, 0.15) is 31.4 Å². The second-order valence-corrected chi connectivity index (χ2v) is 13.9. The van der Waals surface area contributed by atoms with E-state index >= 15 is 0 Å². The smallest absolute Gasteiger partial charge is 0.319 e. The van der Waals surface area contributed by atoms with Gasteiger partial charge >= 0.3 is 6.03 Å². The Bertz CT molecular complexity index is 1540. The first kappa shape index (κ1) is 36.2. The zero-order chi connectivity index (χ0) is 34.0. The molecule has 0 spiro atoms. The Morgan fingerprint density at radius 1 is 1.09 bits per heavy atom. The van der Waals surface area contributed by atoms with E-state index in [4.69, 9.17) is 10.2 Å². The Hall–Kier alpha value is -3.59. The Kier molecular flexibility index (Phi) is 13.1. The molecule has 0 bridgehead atoms. The molecule has 0 saturated heterocycles. The van der Waals surface area contributed by atoms with Crippen LogP contribution >= 0.6 is 23.5 Å². The molecule has 4 rings (SSSR count). The molecule has 3 aromatic rings. The van der Waals surface area contributed by atoms with Crippen molar-refractivity contribution in [2.24, 2.45) is 0 Å². The van der Waals surface area contributed by atoms with Crippen LogP contribution in [-0.4, -0.2) is 87.6 Å². The van der Waals surface area contributed by atoms with Crippen molar-refractivity contribution in [2.75, 3.05) is 37.9 Å². The number of thioether (sulfide) groups is 2. The molecule has 0 aliphatic carbocycles. The average Bonchev–Trinajstić information content (AvgIpc) is 3.18. The lowest BCUT2D eigenvalue weighted by molar-refractivity contribution is -0.135. The van der Waals surface area contributed by atoms with Gasteiger partial charge < -0.3 is 41.5 Å². The molecule has 1 aliphatic rings. The molecule has 0 fully saturated rings. The minimum Gasteiger partial charge on any atom is -0.395 e. The number of hydrogen-bond donors (Lipinski definition) is 7. The van der Waals surface area contributed by atoms with Crippen LogP contribution in [0.5, 0.6) is 0 Å². The third-order valence-corrected chi connectivity index (χ3v) is 9.46. The number of anilines is 1. The number of urea groups is 1. The van der Waals surface area contributed by atoms with Crippen molar-refractivity contribution in [3.05, 3.63) is 77.9 Å². The summed E-state index contributed by atoms with van der Waals surface area (Å²) < 4.78 is 0. The molecule has 0 aromatic heterocycles. The number of para-hydroxylation sites is 1. The lowest BCUT2D eigenvalue weighted by Crippen LogP contribution is -2.50. The first-order chi connectivity index (χ1) is 22.5. The van der Waals surface area contributed by atoms with E-state index in [-0.39, 0.29) is 44.5 Å². The van der Waals surface area contributed by atoms with E-state index in [1.165, 1.54) is 11.8 Å². The van der Waals surface area contributed by atoms with E-state index in [2.05, 4.69) is 21.3 Å². The van der Waals surface area contributed by atoms with E-state index in [9.17, 15) is 19.5 Å². The Labute approximate surface area is 283 Å². The van der Waals surface area contributed by atoms with E-state index < -0.39 is 23.0 Å². The standard InChI is InChI=1S/C34H43N5O6S2/c1-34(2,36-18-25(42)21-41)17-30(43)38-31-32(44)39(20-24-12-13-26(46-3)16-29(24)47-31)19-22-8-10-23(11-9-22)27-6-4-5-7-28(27)37-33(45)35-14-15-40/h4-13,16,25,31,36,40-42H,14-15,17-21H2,1-3H3,(H,38,43)(H2,35,37,45)/t25-,31+/m0/s1. The number of benzene rings is 3. The molecule has 4 amide bonds. The highest BCUT2D eigenvalue weighted by Gasteiger charge is 2.33. The summed E-state index contributed by atoms with van der Waals surface area (Å²) in [4.78, 5) is 43.2. The van der Waals surface area contributed by atoms with Crippen molar-refractivity contribution in [3.8, 4) is 11.1 Å². The first-order valence-electron chi connectivity index (χ1n) is 15.3. The number of rotatable bonds is 14. The van der Waals surface area contributed by atoms with E-state index in [0.29, 0.717) is 18.8 Å². The second-order valence-electron chi connectivity index (χ2n) is 11.9. The van der Waals surface area contributed by atoms with Crippen LogP contribution in [0.4, 0.5) is 10.5 Å². The van der Waals surface area contributed by atoms with Gasteiger partial charge in [0.15, 0.2) is 5.37 Å². The predicted octanol–water partition coefficient (Wildman–Crippen LogP) is 3.38. The summed E-state index contributed by atoms with van der Waals surface area (Å²) in [5.41, 5.74) is 3.55. The number of carbonyl (C=O) groups is 3. The lowest BCUT2D eigenvalue weighted by atomic mass is 10.00. The maximum Gasteiger partial charge on any atom is 0.319 e. The Balaban J connectivity index is 1.52. The molecule has 2 atom stereocenters. The monoisotopic (exact) mass is 681 g/mol. The number of β-amino-alcohol motifs (C(OH)–C–C–N with tert-alkyl or cyclic N) is 1. The molecule has 1 aliphatic heterocycles. The van der Waals surface area contributed by atoms with Crippen LogP contribution in [0.25, 0.3) is 11.1 Å². The number of fused-ring (bicyclic) bond motifs is 1. The van der Waals surface area contributed by atoms with Crippen molar-refractivity contribution in [2.45, 2.75) is 60.2 Å². The average molecular weight is 682 g/mol. The van der Waals surface area contributed by atoms with Crippen LogP contribution < -0.4 is 21.3 Å². The minimum atomic E-state index is -0.934. The lowest BCUT2D eigenvalue weighted by Gasteiger charge is -2.29. The van der Waals surface area contributed by atoms with Crippen LogP contribution in [-0.2, 0) is 22.7 Å². The molecule has 0 radical (unpaired) electrons. The zero-order valence-electron chi connectivity index (χ0n) is 26.8. The van der Waals surface area contributed by atoms with Gasteiger partial charge in [0.1, 0.15) is 0 Å². The Morgan fingerprint density at radius 3 is 2.53 bits per heavy atom. The van der Waals surface area contributed by atoms with Gasteiger partial charge in [0.25, 0.3) is 5.91 Å².